The van der Waals surface area contributed by atoms with E-state index in [0.717, 1.165) is 12.0 Å². The Labute approximate surface area is 122 Å². The van der Waals surface area contributed by atoms with Crippen molar-refractivity contribution < 1.29 is 13.9 Å². The molecule has 0 spiro atoms. The van der Waals surface area contributed by atoms with Crippen LogP contribution in [0.15, 0.2) is 18.2 Å². The Balaban J connectivity index is 2.18. The first-order chi connectivity index (χ1) is 8.73. The van der Waals surface area contributed by atoms with Crippen molar-refractivity contribution in [1.29, 1.82) is 0 Å². The summed E-state index contributed by atoms with van der Waals surface area (Å²) in [6.07, 6.45) is 0.603. The number of hydrogen-bond acceptors (Lipinski definition) is 2. The van der Waals surface area contributed by atoms with Gasteiger partial charge in [0.25, 0.3) is 0 Å². The molecule has 19 heavy (non-hydrogen) atoms. The van der Waals surface area contributed by atoms with Crippen molar-refractivity contribution >= 4 is 15.9 Å². The first kappa shape index (κ1) is 14.8. The maximum atomic E-state index is 13.9. The van der Waals surface area contributed by atoms with Crippen molar-refractivity contribution in [3.05, 3.63) is 29.6 Å². The highest BCUT2D eigenvalue weighted by Gasteiger charge is 2.47. The van der Waals surface area contributed by atoms with E-state index in [1.165, 1.54) is 6.07 Å². The normalized spacial score (nSPS) is 24.4. The van der Waals surface area contributed by atoms with Crippen LogP contribution in [0.1, 0.15) is 39.7 Å². The van der Waals surface area contributed by atoms with Crippen molar-refractivity contribution in [3.8, 4) is 5.75 Å². The molecular weight excluding hydrogens is 311 g/mol. The van der Waals surface area contributed by atoms with Gasteiger partial charge in [-0.15, -0.1) is 0 Å². The van der Waals surface area contributed by atoms with Crippen molar-refractivity contribution in [3.63, 3.8) is 0 Å². The lowest BCUT2D eigenvalue weighted by Gasteiger charge is -2.27. The molecule has 1 atom stereocenters. The zero-order chi connectivity index (χ0) is 14.3. The highest BCUT2D eigenvalue weighted by Crippen LogP contribution is 2.39. The molecule has 106 valence electrons. The third kappa shape index (κ3) is 3.29. The van der Waals surface area contributed by atoms with Crippen LogP contribution < -0.4 is 4.74 Å². The van der Waals surface area contributed by atoms with Gasteiger partial charge in [0.2, 0.25) is 0 Å². The van der Waals surface area contributed by atoms with Gasteiger partial charge < -0.3 is 9.47 Å². The number of hydrogen-bond donors (Lipinski definition) is 0. The van der Waals surface area contributed by atoms with Crippen LogP contribution in [0.5, 0.6) is 5.75 Å². The summed E-state index contributed by atoms with van der Waals surface area (Å²) < 4.78 is 25.7. The Hall–Kier alpha value is -0.610. The van der Waals surface area contributed by atoms with Crippen LogP contribution in [0.2, 0.25) is 0 Å². The van der Waals surface area contributed by atoms with Gasteiger partial charge in [-0.3, -0.25) is 0 Å². The molecule has 1 aromatic rings. The number of ether oxygens (including phenoxy) is 2. The van der Waals surface area contributed by atoms with Gasteiger partial charge in [0.15, 0.2) is 11.6 Å². The van der Waals surface area contributed by atoms with E-state index in [1.807, 2.05) is 33.8 Å². The van der Waals surface area contributed by atoms with Gasteiger partial charge in [0.1, 0.15) is 11.7 Å². The van der Waals surface area contributed by atoms with Crippen molar-refractivity contribution in [2.45, 2.75) is 56.8 Å². The van der Waals surface area contributed by atoms with Crippen molar-refractivity contribution in [1.82, 2.24) is 0 Å². The van der Waals surface area contributed by atoms with Gasteiger partial charge in [0, 0.05) is 11.8 Å². The highest BCUT2D eigenvalue weighted by atomic mass is 79.9. The maximum absolute atomic E-state index is 13.9. The molecule has 1 unspecified atom stereocenters. The summed E-state index contributed by atoms with van der Waals surface area (Å²) >= 11 is 3.31. The standard InChI is InChI=1S/C15H20BrFO2/c1-14(2)8-13(15(3,4)19-14)18-12-6-5-10(9-16)7-11(12)17/h5-7,13H,8-9H2,1-4H3. The molecule has 1 heterocycles. The molecule has 1 aliphatic heterocycles. The molecule has 0 radical (unpaired) electrons. The van der Waals surface area contributed by atoms with Crippen LogP contribution in [0, 0.1) is 5.82 Å². The van der Waals surface area contributed by atoms with E-state index in [9.17, 15) is 4.39 Å². The lowest BCUT2D eigenvalue weighted by molar-refractivity contribution is -0.0849. The number of benzene rings is 1. The quantitative estimate of drug-likeness (QED) is 0.762. The highest BCUT2D eigenvalue weighted by molar-refractivity contribution is 9.08. The number of alkyl halides is 1. The molecule has 1 aromatic carbocycles. The van der Waals surface area contributed by atoms with E-state index in [4.69, 9.17) is 9.47 Å². The summed E-state index contributed by atoms with van der Waals surface area (Å²) in [7, 11) is 0. The number of halogens is 2. The fourth-order valence-corrected chi connectivity index (χ4v) is 2.92. The van der Waals surface area contributed by atoms with E-state index in [1.54, 1.807) is 6.07 Å². The molecule has 0 saturated carbocycles. The summed E-state index contributed by atoms with van der Waals surface area (Å²) in [5.41, 5.74) is 0.247. The second kappa shape index (κ2) is 5.06. The lowest BCUT2D eigenvalue weighted by atomic mass is 9.97. The fraction of sp³-hybridized carbons (Fsp3) is 0.600. The van der Waals surface area contributed by atoms with Crippen molar-refractivity contribution in [2.75, 3.05) is 0 Å². The molecule has 2 nitrogen and oxygen atoms in total. The molecule has 0 amide bonds. The summed E-state index contributed by atoms with van der Waals surface area (Å²) in [5.74, 6) is -0.0264. The average Bonchev–Trinajstić information content (AvgIpc) is 2.49. The molecule has 0 aliphatic carbocycles. The first-order valence-electron chi connectivity index (χ1n) is 6.45. The molecule has 2 rings (SSSR count). The van der Waals surface area contributed by atoms with E-state index >= 15 is 0 Å². The SMILES string of the molecule is CC1(C)CC(Oc2ccc(CBr)cc2F)C(C)(C)O1. The molecule has 0 aromatic heterocycles. The Morgan fingerprint density at radius 3 is 2.53 bits per heavy atom. The zero-order valence-electron chi connectivity index (χ0n) is 11.8. The smallest absolute Gasteiger partial charge is 0.165 e. The fourth-order valence-electron chi connectivity index (χ4n) is 2.57. The van der Waals surface area contributed by atoms with Crippen molar-refractivity contribution in [2.24, 2.45) is 0 Å². The second-order valence-electron chi connectivity index (χ2n) is 6.17. The third-order valence-corrected chi connectivity index (χ3v) is 4.06. The molecule has 1 aliphatic rings. The van der Waals surface area contributed by atoms with Gasteiger partial charge in [-0.1, -0.05) is 22.0 Å². The molecule has 4 heteroatoms. The topological polar surface area (TPSA) is 18.5 Å². The maximum Gasteiger partial charge on any atom is 0.165 e. The largest absolute Gasteiger partial charge is 0.484 e. The average molecular weight is 331 g/mol. The van der Waals surface area contributed by atoms with Crippen LogP contribution in [0.3, 0.4) is 0 Å². The number of rotatable bonds is 3. The van der Waals surface area contributed by atoms with Crippen LogP contribution in [0.25, 0.3) is 0 Å². The molecular formula is C15H20BrFO2. The summed E-state index contributed by atoms with van der Waals surface area (Å²) in [6.45, 7) is 8.03. The van der Waals surface area contributed by atoms with E-state index in [0.29, 0.717) is 11.1 Å². The van der Waals surface area contributed by atoms with Gasteiger partial charge in [-0.25, -0.2) is 4.39 Å². The minimum atomic E-state index is -0.413. The molecule has 0 bridgehead atoms. The van der Waals surface area contributed by atoms with Crippen LogP contribution in [-0.4, -0.2) is 17.3 Å². The predicted octanol–water partition coefficient (Wildman–Crippen LogP) is 4.45. The Kier molecular flexibility index (Phi) is 3.94. The minimum Gasteiger partial charge on any atom is -0.484 e. The monoisotopic (exact) mass is 330 g/mol. The van der Waals surface area contributed by atoms with Gasteiger partial charge >= 0.3 is 0 Å². The molecule has 1 fully saturated rings. The Bertz CT molecular complexity index is 471. The van der Waals surface area contributed by atoms with Crippen LogP contribution in [0.4, 0.5) is 4.39 Å². The van der Waals surface area contributed by atoms with Crippen LogP contribution >= 0.6 is 15.9 Å². The Morgan fingerprint density at radius 2 is 2.05 bits per heavy atom. The summed E-state index contributed by atoms with van der Waals surface area (Å²) in [4.78, 5) is 0. The minimum absolute atomic E-state index is 0.146. The van der Waals surface area contributed by atoms with E-state index in [-0.39, 0.29) is 17.5 Å². The Morgan fingerprint density at radius 1 is 1.37 bits per heavy atom. The lowest BCUT2D eigenvalue weighted by Crippen LogP contribution is -2.36. The van der Waals surface area contributed by atoms with E-state index in [2.05, 4.69) is 15.9 Å². The predicted molar refractivity (Wildman–Crippen MR) is 77.3 cm³/mol. The molecule has 0 N–H and O–H groups in total. The van der Waals surface area contributed by atoms with Crippen LogP contribution in [-0.2, 0) is 10.1 Å². The van der Waals surface area contributed by atoms with Gasteiger partial charge in [0.05, 0.1) is 5.60 Å². The van der Waals surface area contributed by atoms with E-state index < -0.39 is 5.60 Å². The summed E-state index contributed by atoms with van der Waals surface area (Å²) in [5, 5.41) is 0.634. The molecule has 1 saturated heterocycles. The third-order valence-electron chi connectivity index (χ3n) is 3.41. The van der Waals surface area contributed by atoms with Gasteiger partial charge in [-0.05, 0) is 45.4 Å². The summed E-state index contributed by atoms with van der Waals surface area (Å²) in [6, 6.07) is 5.05. The van der Waals surface area contributed by atoms with Gasteiger partial charge in [-0.2, -0.15) is 0 Å². The zero-order valence-corrected chi connectivity index (χ0v) is 13.4. The first-order valence-corrected chi connectivity index (χ1v) is 7.57. The second-order valence-corrected chi connectivity index (χ2v) is 6.73.